The maximum Gasteiger partial charge on any atom is 0.137 e. The molecule has 0 aliphatic heterocycles. The van der Waals surface area contributed by atoms with Gasteiger partial charge < -0.3 is 14.2 Å². The van der Waals surface area contributed by atoms with Crippen LogP contribution in [0.1, 0.15) is 0 Å². The van der Waals surface area contributed by atoms with E-state index < -0.39 is 0 Å². The van der Waals surface area contributed by atoms with E-state index in [0.717, 1.165) is 55.3 Å². The normalized spacial score (nSPS) is 11.7. The molecule has 1 N–H and O–H groups in total. The number of hydrogen-bond acceptors (Lipinski definition) is 3. The Labute approximate surface area is 154 Å². The molecule has 0 aliphatic carbocycles. The van der Waals surface area contributed by atoms with Crippen molar-refractivity contribution in [1.29, 1.82) is 0 Å². The van der Waals surface area contributed by atoms with Crippen LogP contribution in [0.3, 0.4) is 0 Å². The number of hydrogen-bond donors (Lipinski definition) is 1. The quantitative estimate of drug-likeness (QED) is 0.358. The van der Waals surface area contributed by atoms with Gasteiger partial charge in [-0.2, -0.15) is 0 Å². The largest absolute Gasteiger partial charge is 0.456 e. The summed E-state index contributed by atoms with van der Waals surface area (Å²) in [6, 6.07) is 28.6. The van der Waals surface area contributed by atoms with Crippen molar-refractivity contribution in [3.05, 3.63) is 84.9 Å². The van der Waals surface area contributed by atoms with Gasteiger partial charge in [-0.3, -0.25) is 0 Å². The molecule has 3 heteroatoms. The number of para-hydroxylation sites is 2. The Kier molecular flexibility index (Phi) is 2.88. The first-order chi connectivity index (χ1) is 13.4. The first-order valence-corrected chi connectivity index (χ1v) is 8.95. The fourth-order valence-corrected chi connectivity index (χ4v) is 3.84. The molecule has 27 heavy (non-hydrogen) atoms. The lowest BCUT2D eigenvalue weighted by Gasteiger charge is -2.08. The van der Waals surface area contributed by atoms with Gasteiger partial charge in [-0.05, 0) is 36.4 Å². The fraction of sp³-hybridized carbons (Fsp3) is 0. The van der Waals surface area contributed by atoms with E-state index in [2.05, 4.69) is 41.7 Å². The molecular formula is C24H15NO2. The highest BCUT2D eigenvalue weighted by atomic mass is 16.3. The summed E-state index contributed by atoms with van der Waals surface area (Å²) in [6.45, 7) is 0. The van der Waals surface area contributed by atoms with Crippen molar-refractivity contribution in [2.24, 2.45) is 0 Å². The maximum atomic E-state index is 6.01. The van der Waals surface area contributed by atoms with Crippen LogP contribution >= 0.6 is 0 Å². The van der Waals surface area contributed by atoms with Crippen LogP contribution in [0.2, 0.25) is 0 Å². The Morgan fingerprint density at radius 3 is 2.07 bits per heavy atom. The van der Waals surface area contributed by atoms with Crippen LogP contribution in [0, 0.1) is 0 Å². The van der Waals surface area contributed by atoms with E-state index in [9.17, 15) is 0 Å². The molecule has 0 unspecified atom stereocenters. The van der Waals surface area contributed by atoms with Crippen molar-refractivity contribution in [1.82, 2.24) is 0 Å². The average molecular weight is 349 g/mol. The molecule has 2 aromatic heterocycles. The predicted molar refractivity (Wildman–Crippen MR) is 111 cm³/mol. The molecule has 6 aromatic rings. The summed E-state index contributed by atoms with van der Waals surface area (Å²) in [5.74, 6) is 0. The SMILES string of the molecule is c1ccc2c(c1)oc1cc(Nc3cccc4oc5ccccc5c34)ccc12. The number of furan rings is 2. The number of benzene rings is 4. The van der Waals surface area contributed by atoms with E-state index in [1.807, 2.05) is 48.5 Å². The van der Waals surface area contributed by atoms with Gasteiger partial charge in [-0.15, -0.1) is 0 Å². The molecule has 0 bridgehead atoms. The van der Waals surface area contributed by atoms with Gasteiger partial charge in [0.15, 0.2) is 0 Å². The van der Waals surface area contributed by atoms with Crippen molar-refractivity contribution >= 4 is 55.3 Å². The van der Waals surface area contributed by atoms with Gasteiger partial charge in [-0.25, -0.2) is 0 Å². The third-order valence-electron chi connectivity index (χ3n) is 5.06. The zero-order valence-electron chi connectivity index (χ0n) is 14.4. The monoisotopic (exact) mass is 349 g/mol. The van der Waals surface area contributed by atoms with E-state index in [-0.39, 0.29) is 0 Å². The summed E-state index contributed by atoms with van der Waals surface area (Å²) in [5.41, 5.74) is 5.57. The van der Waals surface area contributed by atoms with Gasteiger partial charge in [0.25, 0.3) is 0 Å². The van der Waals surface area contributed by atoms with Gasteiger partial charge in [0.2, 0.25) is 0 Å². The molecule has 3 nitrogen and oxygen atoms in total. The summed E-state index contributed by atoms with van der Waals surface area (Å²) in [6.07, 6.45) is 0. The molecule has 6 rings (SSSR count). The predicted octanol–water partition coefficient (Wildman–Crippen LogP) is 7.23. The minimum atomic E-state index is 0.880. The molecular weight excluding hydrogens is 334 g/mol. The highest BCUT2D eigenvalue weighted by Gasteiger charge is 2.12. The lowest BCUT2D eigenvalue weighted by Crippen LogP contribution is -1.90. The Hall–Kier alpha value is -3.72. The Bertz CT molecular complexity index is 1460. The third-order valence-corrected chi connectivity index (χ3v) is 5.06. The Morgan fingerprint density at radius 2 is 1.19 bits per heavy atom. The molecule has 0 amide bonds. The molecule has 0 saturated heterocycles. The minimum absolute atomic E-state index is 0.880. The number of nitrogens with one attached hydrogen (secondary N) is 1. The number of rotatable bonds is 2. The van der Waals surface area contributed by atoms with Crippen molar-refractivity contribution < 1.29 is 8.83 Å². The topological polar surface area (TPSA) is 38.3 Å². The number of fused-ring (bicyclic) bond motifs is 6. The molecule has 0 saturated carbocycles. The van der Waals surface area contributed by atoms with E-state index >= 15 is 0 Å². The van der Waals surface area contributed by atoms with Crippen LogP contribution in [0.5, 0.6) is 0 Å². The van der Waals surface area contributed by atoms with Gasteiger partial charge in [0.1, 0.15) is 22.3 Å². The zero-order chi connectivity index (χ0) is 17.8. The van der Waals surface area contributed by atoms with Crippen LogP contribution < -0.4 is 5.32 Å². The third kappa shape index (κ3) is 2.15. The first-order valence-electron chi connectivity index (χ1n) is 8.95. The van der Waals surface area contributed by atoms with Crippen molar-refractivity contribution in [3.63, 3.8) is 0 Å². The zero-order valence-corrected chi connectivity index (χ0v) is 14.4. The lowest BCUT2D eigenvalue weighted by molar-refractivity contribution is 0.669. The number of anilines is 2. The van der Waals surface area contributed by atoms with E-state index in [4.69, 9.17) is 8.83 Å². The highest BCUT2D eigenvalue weighted by molar-refractivity contribution is 6.12. The van der Waals surface area contributed by atoms with Gasteiger partial charge >= 0.3 is 0 Å². The maximum absolute atomic E-state index is 6.01. The van der Waals surface area contributed by atoms with Crippen molar-refractivity contribution in [2.75, 3.05) is 5.32 Å². The van der Waals surface area contributed by atoms with Gasteiger partial charge in [0.05, 0.1) is 11.1 Å². The van der Waals surface area contributed by atoms with Crippen molar-refractivity contribution in [2.45, 2.75) is 0 Å². The summed E-state index contributed by atoms with van der Waals surface area (Å²) in [5, 5.41) is 8.02. The summed E-state index contributed by atoms with van der Waals surface area (Å²) in [4.78, 5) is 0. The van der Waals surface area contributed by atoms with E-state index in [1.165, 1.54) is 0 Å². The second kappa shape index (κ2) is 5.39. The van der Waals surface area contributed by atoms with Gasteiger partial charge in [-0.1, -0.05) is 42.5 Å². The molecule has 0 atom stereocenters. The smallest absolute Gasteiger partial charge is 0.137 e. The molecule has 0 spiro atoms. The Balaban J connectivity index is 1.51. The average Bonchev–Trinajstić information content (AvgIpc) is 3.26. The second-order valence-electron chi connectivity index (χ2n) is 6.71. The standard InChI is InChI=1S/C24H15NO2/c1-3-9-20-16(6-1)17-13-12-15(14-23(17)27-20)25-19-8-5-11-22-24(19)18-7-2-4-10-21(18)26-22/h1-14,25H. The van der Waals surface area contributed by atoms with E-state index in [1.54, 1.807) is 0 Å². The fourth-order valence-electron chi connectivity index (χ4n) is 3.84. The molecule has 128 valence electrons. The van der Waals surface area contributed by atoms with Crippen LogP contribution in [0.4, 0.5) is 11.4 Å². The molecule has 2 heterocycles. The molecule has 4 aromatic carbocycles. The Morgan fingerprint density at radius 1 is 0.519 bits per heavy atom. The molecule has 0 fully saturated rings. The summed E-state index contributed by atoms with van der Waals surface area (Å²) in [7, 11) is 0. The molecule has 0 radical (unpaired) electrons. The van der Waals surface area contributed by atoms with Crippen LogP contribution in [0.15, 0.2) is 93.8 Å². The van der Waals surface area contributed by atoms with E-state index in [0.29, 0.717) is 0 Å². The summed E-state index contributed by atoms with van der Waals surface area (Å²) >= 11 is 0. The second-order valence-corrected chi connectivity index (χ2v) is 6.71. The highest BCUT2D eigenvalue weighted by Crippen LogP contribution is 2.36. The summed E-state index contributed by atoms with van der Waals surface area (Å²) < 4.78 is 12.0. The van der Waals surface area contributed by atoms with Crippen LogP contribution in [-0.4, -0.2) is 0 Å². The minimum Gasteiger partial charge on any atom is -0.456 e. The van der Waals surface area contributed by atoms with Gasteiger partial charge in [0, 0.05) is 27.9 Å². The van der Waals surface area contributed by atoms with Crippen LogP contribution in [0.25, 0.3) is 43.9 Å². The first kappa shape index (κ1) is 14.4. The lowest BCUT2D eigenvalue weighted by atomic mass is 10.1. The molecule has 0 aliphatic rings. The van der Waals surface area contributed by atoms with Crippen LogP contribution in [-0.2, 0) is 0 Å². The van der Waals surface area contributed by atoms with Crippen molar-refractivity contribution in [3.8, 4) is 0 Å².